The first kappa shape index (κ1) is 13.8. The second-order valence-electron chi connectivity index (χ2n) is 4.75. The molecule has 1 heteroatoms. The molecule has 1 aromatic rings. The molecule has 92 valence electrons. The summed E-state index contributed by atoms with van der Waals surface area (Å²) >= 11 is 1.85. The zero-order valence-electron chi connectivity index (χ0n) is 10.9. The van der Waals surface area contributed by atoms with Crippen LogP contribution in [-0.4, -0.2) is 0 Å². The van der Waals surface area contributed by atoms with E-state index in [4.69, 9.17) is 0 Å². The average Bonchev–Trinajstić information content (AvgIpc) is 2.82. The Balaban J connectivity index is 2.32. The third kappa shape index (κ3) is 5.16. The van der Waals surface area contributed by atoms with Crippen LogP contribution in [-0.2, 0) is 0 Å². The molecule has 0 saturated heterocycles. The van der Waals surface area contributed by atoms with Crippen molar-refractivity contribution in [1.82, 2.24) is 0 Å². The van der Waals surface area contributed by atoms with E-state index in [1.807, 2.05) is 11.3 Å². The number of unbranched alkanes of at least 4 members (excludes halogenated alkanes) is 4. The standard InChI is InChI=1S/C15H26S/c1-3-5-7-8-10-14(9-6-4-2)15-11-12-16-13-15/h11-14H,3-10H2,1-2H3. The Kier molecular flexibility index (Phi) is 7.58. The maximum Gasteiger partial charge on any atom is -0.00584 e. The monoisotopic (exact) mass is 238 g/mol. The fraction of sp³-hybridized carbons (Fsp3) is 0.733. The van der Waals surface area contributed by atoms with Crippen molar-refractivity contribution in [2.45, 2.75) is 71.1 Å². The summed E-state index contributed by atoms with van der Waals surface area (Å²) in [6.07, 6.45) is 11.1. The number of hydrogen-bond donors (Lipinski definition) is 0. The van der Waals surface area contributed by atoms with E-state index in [1.54, 1.807) is 5.56 Å². The minimum absolute atomic E-state index is 0.836. The van der Waals surface area contributed by atoms with Crippen molar-refractivity contribution >= 4 is 11.3 Å². The van der Waals surface area contributed by atoms with E-state index < -0.39 is 0 Å². The second kappa shape index (κ2) is 8.81. The third-order valence-electron chi connectivity index (χ3n) is 3.33. The lowest BCUT2D eigenvalue weighted by atomic mass is 9.90. The van der Waals surface area contributed by atoms with Gasteiger partial charge in [0.25, 0.3) is 0 Å². The van der Waals surface area contributed by atoms with Gasteiger partial charge in [-0.25, -0.2) is 0 Å². The lowest BCUT2D eigenvalue weighted by Gasteiger charge is -2.15. The van der Waals surface area contributed by atoms with Crippen LogP contribution in [0.4, 0.5) is 0 Å². The minimum atomic E-state index is 0.836. The van der Waals surface area contributed by atoms with Crippen LogP contribution in [0.3, 0.4) is 0 Å². The van der Waals surface area contributed by atoms with E-state index in [1.165, 1.54) is 51.4 Å². The molecule has 0 aliphatic carbocycles. The average molecular weight is 238 g/mol. The molecule has 0 N–H and O–H groups in total. The molecule has 0 nitrogen and oxygen atoms in total. The predicted molar refractivity (Wildman–Crippen MR) is 75.3 cm³/mol. The van der Waals surface area contributed by atoms with Gasteiger partial charge in [-0.1, -0.05) is 52.4 Å². The van der Waals surface area contributed by atoms with Gasteiger partial charge in [0.05, 0.1) is 0 Å². The van der Waals surface area contributed by atoms with Crippen molar-refractivity contribution in [2.24, 2.45) is 0 Å². The lowest BCUT2D eigenvalue weighted by molar-refractivity contribution is 0.510. The number of rotatable bonds is 9. The molecular weight excluding hydrogens is 212 g/mol. The summed E-state index contributed by atoms with van der Waals surface area (Å²) in [6.45, 7) is 4.58. The molecule has 0 bridgehead atoms. The first-order chi connectivity index (χ1) is 7.88. The van der Waals surface area contributed by atoms with Gasteiger partial charge in [0, 0.05) is 0 Å². The van der Waals surface area contributed by atoms with Crippen molar-refractivity contribution in [3.8, 4) is 0 Å². The molecule has 0 amide bonds. The van der Waals surface area contributed by atoms with E-state index in [2.05, 4.69) is 30.7 Å². The summed E-state index contributed by atoms with van der Waals surface area (Å²) in [5, 5.41) is 4.57. The predicted octanol–water partition coefficient (Wildman–Crippen LogP) is 5.99. The van der Waals surface area contributed by atoms with Crippen molar-refractivity contribution < 1.29 is 0 Å². The van der Waals surface area contributed by atoms with E-state index in [0.717, 1.165) is 5.92 Å². The van der Waals surface area contributed by atoms with Crippen molar-refractivity contribution in [1.29, 1.82) is 0 Å². The number of thiophene rings is 1. The molecular formula is C15H26S. The highest BCUT2D eigenvalue weighted by Gasteiger charge is 2.10. The Morgan fingerprint density at radius 2 is 1.75 bits per heavy atom. The summed E-state index contributed by atoms with van der Waals surface area (Å²) < 4.78 is 0. The Morgan fingerprint density at radius 3 is 2.38 bits per heavy atom. The minimum Gasteiger partial charge on any atom is -0.152 e. The fourth-order valence-corrected chi connectivity index (χ4v) is 3.00. The van der Waals surface area contributed by atoms with Gasteiger partial charge in [0.1, 0.15) is 0 Å². The highest BCUT2D eigenvalue weighted by molar-refractivity contribution is 7.07. The van der Waals surface area contributed by atoms with Gasteiger partial charge in [0.2, 0.25) is 0 Å². The second-order valence-corrected chi connectivity index (χ2v) is 5.53. The van der Waals surface area contributed by atoms with Gasteiger partial charge in [-0.2, -0.15) is 11.3 Å². The molecule has 0 spiro atoms. The molecule has 0 aliphatic rings. The lowest BCUT2D eigenvalue weighted by Crippen LogP contribution is -1.97. The van der Waals surface area contributed by atoms with Gasteiger partial charge in [0.15, 0.2) is 0 Å². The maximum atomic E-state index is 2.35. The van der Waals surface area contributed by atoms with Crippen LogP contribution < -0.4 is 0 Å². The van der Waals surface area contributed by atoms with Crippen LogP contribution in [0.25, 0.3) is 0 Å². The maximum absolute atomic E-state index is 2.35. The van der Waals surface area contributed by atoms with Crippen LogP contribution in [0, 0.1) is 0 Å². The summed E-state index contributed by atoms with van der Waals surface area (Å²) in [5.41, 5.74) is 1.59. The molecule has 0 aliphatic heterocycles. The van der Waals surface area contributed by atoms with E-state index in [9.17, 15) is 0 Å². The van der Waals surface area contributed by atoms with Crippen LogP contribution in [0.5, 0.6) is 0 Å². The van der Waals surface area contributed by atoms with Crippen LogP contribution in [0.2, 0.25) is 0 Å². The van der Waals surface area contributed by atoms with Crippen LogP contribution in [0.15, 0.2) is 16.8 Å². The normalized spacial score (nSPS) is 12.9. The Bertz CT molecular complexity index is 238. The molecule has 16 heavy (non-hydrogen) atoms. The fourth-order valence-electron chi connectivity index (χ4n) is 2.25. The van der Waals surface area contributed by atoms with Crippen molar-refractivity contribution in [2.75, 3.05) is 0 Å². The van der Waals surface area contributed by atoms with Gasteiger partial charge < -0.3 is 0 Å². The smallest absolute Gasteiger partial charge is 0.00584 e. The Hall–Kier alpha value is -0.300. The van der Waals surface area contributed by atoms with Gasteiger partial charge in [-0.3, -0.25) is 0 Å². The zero-order valence-corrected chi connectivity index (χ0v) is 11.7. The molecule has 0 fully saturated rings. The van der Waals surface area contributed by atoms with Crippen molar-refractivity contribution in [3.63, 3.8) is 0 Å². The molecule has 1 rings (SSSR count). The van der Waals surface area contributed by atoms with Crippen LogP contribution >= 0.6 is 11.3 Å². The van der Waals surface area contributed by atoms with E-state index in [0.29, 0.717) is 0 Å². The van der Waals surface area contributed by atoms with Crippen molar-refractivity contribution in [3.05, 3.63) is 22.4 Å². The van der Waals surface area contributed by atoms with Gasteiger partial charge in [-0.05, 0) is 41.1 Å². The molecule has 0 radical (unpaired) electrons. The quantitative estimate of drug-likeness (QED) is 0.463. The largest absolute Gasteiger partial charge is 0.152 e. The molecule has 1 atom stereocenters. The summed E-state index contributed by atoms with van der Waals surface area (Å²) in [6, 6.07) is 2.32. The third-order valence-corrected chi connectivity index (χ3v) is 4.03. The first-order valence-corrected chi connectivity index (χ1v) is 7.84. The summed E-state index contributed by atoms with van der Waals surface area (Å²) in [4.78, 5) is 0. The Morgan fingerprint density at radius 1 is 1.00 bits per heavy atom. The molecule has 0 saturated carbocycles. The molecule has 1 aromatic heterocycles. The highest BCUT2D eigenvalue weighted by Crippen LogP contribution is 2.29. The van der Waals surface area contributed by atoms with E-state index in [-0.39, 0.29) is 0 Å². The van der Waals surface area contributed by atoms with Crippen LogP contribution in [0.1, 0.15) is 76.7 Å². The Labute approximate surface area is 105 Å². The van der Waals surface area contributed by atoms with E-state index >= 15 is 0 Å². The summed E-state index contributed by atoms with van der Waals surface area (Å²) in [5.74, 6) is 0.836. The molecule has 0 aromatic carbocycles. The molecule has 1 unspecified atom stereocenters. The first-order valence-electron chi connectivity index (χ1n) is 6.90. The molecule has 1 heterocycles. The topological polar surface area (TPSA) is 0 Å². The highest BCUT2D eigenvalue weighted by atomic mass is 32.1. The number of hydrogen-bond acceptors (Lipinski definition) is 1. The summed E-state index contributed by atoms with van der Waals surface area (Å²) in [7, 11) is 0. The SMILES string of the molecule is CCCCCCC(CCCC)c1ccsc1. The van der Waals surface area contributed by atoms with Gasteiger partial charge >= 0.3 is 0 Å². The van der Waals surface area contributed by atoms with Gasteiger partial charge in [-0.15, -0.1) is 0 Å². The zero-order chi connectivity index (χ0) is 11.6.